The summed E-state index contributed by atoms with van der Waals surface area (Å²) in [5.41, 5.74) is 0. The van der Waals surface area contributed by atoms with E-state index >= 15 is 0 Å². The van der Waals surface area contributed by atoms with E-state index in [9.17, 15) is 16.8 Å². The monoisotopic (exact) mass is 326 g/mol. The number of unbranched alkanes of at least 4 members (excludes halogenated alkanes) is 6. The first-order valence-corrected chi connectivity index (χ1v) is 9.13. The molecule has 0 radical (unpaired) electrons. The van der Waals surface area contributed by atoms with Gasteiger partial charge in [0.05, 0.1) is 0 Å². The molecule has 0 heterocycles. The van der Waals surface area contributed by atoms with Crippen LogP contribution >= 0.6 is 0 Å². The maximum atomic E-state index is 10.8. The van der Waals surface area contributed by atoms with Gasteiger partial charge in [0.1, 0.15) is 0 Å². The first kappa shape index (κ1) is 22.1. The average Bonchev–Trinajstić information content (AvgIpc) is 2.18. The minimum absolute atomic E-state index is 0. The van der Waals surface area contributed by atoms with Gasteiger partial charge in [0.2, 0.25) is 4.58 Å². The van der Waals surface area contributed by atoms with Crippen LogP contribution in [0.25, 0.3) is 0 Å². The molecule has 0 atom stereocenters. The molecule has 0 saturated heterocycles. The number of hydrogen-bond donors (Lipinski definition) is 2. The summed E-state index contributed by atoms with van der Waals surface area (Å²) in [5.74, 6) is 0. The molecule has 6 nitrogen and oxygen atoms in total. The summed E-state index contributed by atoms with van der Waals surface area (Å²) >= 11 is 0. The third-order valence-electron chi connectivity index (χ3n) is 2.71. The predicted octanol–water partition coefficient (Wildman–Crippen LogP) is 1.58. The van der Waals surface area contributed by atoms with Crippen molar-refractivity contribution in [1.29, 1.82) is 0 Å². The van der Waals surface area contributed by atoms with Crippen molar-refractivity contribution < 1.29 is 25.9 Å². The van der Waals surface area contributed by atoms with Gasteiger partial charge in [-0.05, 0) is 6.42 Å². The van der Waals surface area contributed by atoms with Crippen LogP contribution in [0.1, 0.15) is 58.3 Å². The molecule has 0 amide bonds. The molecule has 9 heteroatoms. The van der Waals surface area contributed by atoms with Crippen molar-refractivity contribution in [3.63, 3.8) is 0 Å². The van der Waals surface area contributed by atoms with E-state index < -0.39 is 24.8 Å². The van der Waals surface area contributed by atoms with E-state index in [-0.39, 0.29) is 36.0 Å². The van der Waals surface area contributed by atoms with Gasteiger partial charge >= 0.3 is 29.6 Å². The van der Waals surface area contributed by atoms with Gasteiger partial charge in [0.25, 0.3) is 20.2 Å². The van der Waals surface area contributed by atoms with Crippen molar-refractivity contribution in [2.24, 2.45) is 0 Å². The van der Waals surface area contributed by atoms with E-state index in [2.05, 4.69) is 6.92 Å². The topological polar surface area (TPSA) is 109 Å². The van der Waals surface area contributed by atoms with Crippen LogP contribution in [0.5, 0.6) is 0 Å². The van der Waals surface area contributed by atoms with Gasteiger partial charge in [-0.15, -0.1) is 0 Å². The van der Waals surface area contributed by atoms with Crippen molar-refractivity contribution in [1.82, 2.24) is 0 Å². The third kappa shape index (κ3) is 11.2. The summed E-state index contributed by atoms with van der Waals surface area (Å²) in [5, 5.41) is 0. The molecule has 0 aromatic heterocycles. The molecular weight excluding hydrogens is 303 g/mol. The molecule has 0 rings (SSSR count). The first-order chi connectivity index (χ1) is 8.19. The van der Waals surface area contributed by atoms with E-state index in [1.807, 2.05) is 0 Å². The second-order valence-corrected chi connectivity index (χ2v) is 7.87. The predicted molar refractivity (Wildman–Crippen MR) is 76.6 cm³/mol. The minimum atomic E-state index is -4.76. The number of rotatable bonds is 10. The van der Waals surface area contributed by atoms with Gasteiger partial charge in [-0.1, -0.05) is 51.9 Å². The van der Waals surface area contributed by atoms with Crippen molar-refractivity contribution in [3.05, 3.63) is 0 Å². The Labute approximate surface area is 138 Å². The quantitative estimate of drug-likeness (QED) is 0.358. The van der Waals surface area contributed by atoms with Crippen LogP contribution in [0.4, 0.5) is 0 Å². The van der Waals surface area contributed by atoms with Gasteiger partial charge in [-0.2, -0.15) is 16.8 Å². The van der Waals surface area contributed by atoms with E-state index in [4.69, 9.17) is 9.11 Å². The molecule has 0 aliphatic carbocycles. The van der Waals surface area contributed by atoms with Crippen molar-refractivity contribution in [3.8, 4) is 0 Å². The molecule has 0 aromatic carbocycles. The third-order valence-corrected chi connectivity index (χ3v) is 5.97. The van der Waals surface area contributed by atoms with E-state index in [1.165, 1.54) is 0 Å². The van der Waals surface area contributed by atoms with Gasteiger partial charge in [-0.25, -0.2) is 0 Å². The fourth-order valence-electron chi connectivity index (χ4n) is 1.72. The van der Waals surface area contributed by atoms with E-state index in [0.29, 0.717) is 12.8 Å². The molecule has 0 aromatic rings. The molecule has 0 bridgehead atoms. The molecule has 0 spiro atoms. The van der Waals surface area contributed by atoms with Crippen LogP contribution < -0.4 is 0 Å². The van der Waals surface area contributed by atoms with E-state index in [1.54, 1.807) is 0 Å². The maximum absolute atomic E-state index is 10.8. The zero-order valence-corrected chi connectivity index (χ0v) is 12.2. The zero-order chi connectivity index (χ0) is 14.2. The van der Waals surface area contributed by atoms with Crippen LogP contribution in [0.3, 0.4) is 0 Å². The second-order valence-electron chi connectivity index (χ2n) is 4.37. The van der Waals surface area contributed by atoms with Crippen molar-refractivity contribution >= 4 is 49.8 Å². The standard InChI is InChI=1S/C10H22O6S2.Na.H/c1-2-3-4-5-6-7-8-9-10(17(11,12)13)18(14,15)16;;/h10H,2-9H2,1H3,(H,11,12,13)(H,14,15,16);;. The van der Waals surface area contributed by atoms with Crippen LogP contribution in [-0.4, -0.2) is 60.1 Å². The summed E-state index contributed by atoms with van der Waals surface area (Å²) in [6.07, 6.45) is 6.07. The number of hydrogen-bond acceptors (Lipinski definition) is 4. The molecule has 0 aliphatic heterocycles. The van der Waals surface area contributed by atoms with Crippen LogP contribution in [0.2, 0.25) is 0 Å². The molecule has 0 unspecified atom stereocenters. The van der Waals surface area contributed by atoms with Crippen LogP contribution in [-0.2, 0) is 20.2 Å². The van der Waals surface area contributed by atoms with Gasteiger partial charge in [0.15, 0.2) is 0 Å². The SMILES string of the molecule is CCCCCCCCCC(S(=O)(=O)O)S(=O)(=O)O.[NaH]. The molecular formula is C10H23NaO6S2. The van der Waals surface area contributed by atoms with Gasteiger partial charge in [0, 0.05) is 0 Å². The average molecular weight is 326 g/mol. The molecule has 0 fully saturated rings. The zero-order valence-electron chi connectivity index (χ0n) is 10.6. The fourth-order valence-corrected chi connectivity index (χ4v) is 3.88. The summed E-state index contributed by atoms with van der Waals surface area (Å²) < 4.78 is 58.5. The fraction of sp³-hybridized carbons (Fsp3) is 1.00. The van der Waals surface area contributed by atoms with E-state index in [0.717, 1.165) is 32.1 Å². The molecule has 0 aliphatic rings. The summed E-state index contributed by atoms with van der Waals surface area (Å²) in [6.45, 7) is 2.10. The Kier molecular flexibility index (Phi) is 12.3. The molecule has 19 heavy (non-hydrogen) atoms. The Morgan fingerprint density at radius 1 is 0.789 bits per heavy atom. The Morgan fingerprint density at radius 3 is 1.53 bits per heavy atom. The molecule has 0 saturated carbocycles. The van der Waals surface area contributed by atoms with Crippen LogP contribution in [0.15, 0.2) is 0 Å². The molecule has 112 valence electrons. The second kappa shape index (κ2) is 10.5. The Morgan fingerprint density at radius 2 is 1.16 bits per heavy atom. The summed E-state index contributed by atoms with van der Waals surface area (Å²) in [4.78, 5) is 0. The normalized spacial score (nSPS) is 12.4. The Balaban J connectivity index is 0. The van der Waals surface area contributed by atoms with Crippen LogP contribution in [0, 0.1) is 0 Å². The molecule has 2 N–H and O–H groups in total. The Hall–Kier alpha value is 0.820. The summed E-state index contributed by atoms with van der Waals surface area (Å²) in [7, 11) is -9.52. The van der Waals surface area contributed by atoms with Gasteiger partial charge in [-0.3, -0.25) is 9.11 Å². The summed E-state index contributed by atoms with van der Waals surface area (Å²) in [6, 6.07) is 0. The van der Waals surface area contributed by atoms with Crippen molar-refractivity contribution in [2.45, 2.75) is 62.9 Å². The first-order valence-electron chi connectivity index (χ1n) is 6.12. The van der Waals surface area contributed by atoms with Crippen molar-refractivity contribution in [2.75, 3.05) is 0 Å². The van der Waals surface area contributed by atoms with Gasteiger partial charge < -0.3 is 0 Å². The Bertz CT molecular complexity index is 385.